The molecule has 2 saturated heterocycles. The van der Waals surface area contributed by atoms with E-state index >= 15 is 0 Å². The van der Waals surface area contributed by atoms with Gasteiger partial charge in [-0.05, 0) is 60.1 Å². The Morgan fingerprint density at radius 3 is 2.54 bits per heavy atom. The van der Waals surface area contributed by atoms with Gasteiger partial charge < -0.3 is 30.6 Å². The highest BCUT2D eigenvalue weighted by atomic mass is 16.2. The summed E-state index contributed by atoms with van der Waals surface area (Å²) in [7, 11) is 0. The summed E-state index contributed by atoms with van der Waals surface area (Å²) in [6.07, 6.45) is 1.51. The van der Waals surface area contributed by atoms with Crippen molar-refractivity contribution < 1.29 is 24.0 Å². The zero-order chi connectivity index (χ0) is 29.9. The number of benzene rings is 1. The number of carbonyl (C=O) groups is 5. The van der Waals surface area contributed by atoms with Crippen LogP contribution in [-0.2, 0) is 19.2 Å². The fourth-order valence-electron chi connectivity index (χ4n) is 6.86. The number of aryl methyl sites for hydroxylation is 1. The van der Waals surface area contributed by atoms with Crippen LogP contribution in [0.1, 0.15) is 63.5 Å². The van der Waals surface area contributed by atoms with Gasteiger partial charge in [0.25, 0.3) is 5.91 Å². The van der Waals surface area contributed by atoms with E-state index in [0.717, 1.165) is 16.5 Å². The summed E-state index contributed by atoms with van der Waals surface area (Å²) in [4.78, 5) is 69.9. The van der Waals surface area contributed by atoms with Crippen molar-refractivity contribution in [3.05, 3.63) is 35.5 Å². The van der Waals surface area contributed by atoms with E-state index in [1.54, 1.807) is 11.0 Å². The lowest BCUT2D eigenvalue weighted by atomic mass is 9.85. The molecule has 1 aromatic heterocycles. The molecule has 0 radical (unpaired) electrons. The second-order valence-electron chi connectivity index (χ2n) is 13.6. The molecular formula is C31H41N5O5. The maximum Gasteiger partial charge on any atom is 0.268 e. The smallest absolute Gasteiger partial charge is 0.268 e. The summed E-state index contributed by atoms with van der Waals surface area (Å²) in [5.74, 6) is -1.45. The molecule has 3 heterocycles. The maximum atomic E-state index is 14.2. The lowest BCUT2D eigenvalue weighted by molar-refractivity contribution is -0.144. The van der Waals surface area contributed by atoms with Crippen LogP contribution in [0.5, 0.6) is 0 Å². The van der Waals surface area contributed by atoms with Crippen molar-refractivity contribution in [2.24, 2.45) is 28.6 Å². The Hall–Kier alpha value is -3.69. The van der Waals surface area contributed by atoms with E-state index in [1.165, 1.54) is 0 Å². The second-order valence-corrected chi connectivity index (χ2v) is 13.6. The molecule has 2 aliphatic heterocycles. The summed E-state index contributed by atoms with van der Waals surface area (Å²) in [5.41, 5.74) is 1.48. The number of aromatic nitrogens is 1. The lowest BCUT2D eigenvalue weighted by Crippen LogP contribution is -2.60. The maximum absolute atomic E-state index is 14.2. The van der Waals surface area contributed by atoms with Crippen molar-refractivity contribution in [2.75, 3.05) is 13.1 Å². The van der Waals surface area contributed by atoms with Gasteiger partial charge in [-0.15, -0.1) is 0 Å². The van der Waals surface area contributed by atoms with Crippen LogP contribution in [0, 0.1) is 35.5 Å². The molecule has 4 N–H and O–H groups in total. The van der Waals surface area contributed by atoms with Gasteiger partial charge in [-0.1, -0.05) is 46.8 Å². The van der Waals surface area contributed by atoms with Crippen molar-refractivity contribution >= 4 is 40.8 Å². The van der Waals surface area contributed by atoms with E-state index < -0.39 is 35.4 Å². The fourth-order valence-corrected chi connectivity index (χ4v) is 6.86. The van der Waals surface area contributed by atoms with Crippen LogP contribution in [0.15, 0.2) is 24.3 Å². The first-order chi connectivity index (χ1) is 19.2. The first-order valence-electron chi connectivity index (χ1n) is 14.5. The largest absolute Gasteiger partial charge is 0.356 e. The molecular weight excluding hydrogens is 522 g/mol. The number of rotatable bonds is 8. The first-order valence-corrected chi connectivity index (χ1v) is 14.5. The van der Waals surface area contributed by atoms with Gasteiger partial charge in [-0.25, -0.2) is 0 Å². The average molecular weight is 564 g/mol. The summed E-state index contributed by atoms with van der Waals surface area (Å²) in [6, 6.07) is 5.11. The number of piperidine rings is 1. The van der Waals surface area contributed by atoms with Gasteiger partial charge in [-0.2, -0.15) is 0 Å². The van der Waals surface area contributed by atoms with Gasteiger partial charge >= 0.3 is 0 Å². The highest BCUT2D eigenvalue weighted by Crippen LogP contribution is 2.65. The molecule has 6 atom stereocenters. The van der Waals surface area contributed by atoms with Crippen molar-refractivity contribution in [2.45, 2.75) is 72.5 Å². The standard InChI is InChI=1S/C31H41N5O5/c1-16-8-7-9-21-19(16)13-22(34-21)27(39)35-25(30(2,3)4)29(41)36-14-20-23(31(20,5)6)24(36)28(40)33-18(15-37)12-17-10-11-32-26(17)38/h7-9,13,15,17-18,20,23-25,34H,10-12,14H2,1-6H3,(H,32,38)(H,33,40)(H,35,39)/t17?,18-,20-,23-,24-,25+/m0/s1. The molecule has 2 aromatic rings. The van der Waals surface area contributed by atoms with Crippen LogP contribution in [-0.4, -0.2) is 71.0 Å². The molecule has 1 unspecified atom stereocenters. The third kappa shape index (κ3) is 5.24. The predicted octanol–water partition coefficient (Wildman–Crippen LogP) is 2.31. The minimum absolute atomic E-state index is 0.0541. The van der Waals surface area contributed by atoms with E-state index in [2.05, 4.69) is 34.8 Å². The topological polar surface area (TPSA) is 140 Å². The lowest BCUT2D eigenvalue weighted by Gasteiger charge is -2.37. The Labute approximate surface area is 240 Å². The number of fused-ring (bicyclic) bond motifs is 2. The molecule has 5 rings (SSSR count). The number of nitrogens with one attached hydrogen (secondary N) is 4. The number of hydrogen-bond acceptors (Lipinski definition) is 5. The Morgan fingerprint density at radius 2 is 1.93 bits per heavy atom. The van der Waals surface area contributed by atoms with Crippen molar-refractivity contribution in [3.8, 4) is 0 Å². The van der Waals surface area contributed by atoms with E-state index in [-0.39, 0.29) is 41.4 Å². The second kappa shape index (κ2) is 10.3. The Morgan fingerprint density at radius 1 is 1.20 bits per heavy atom. The normalized spacial score (nSPS) is 26.2. The number of H-pyrrole nitrogens is 1. The van der Waals surface area contributed by atoms with Crippen LogP contribution in [0.3, 0.4) is 0 Å². The first kappa shape index (κ1) is 28.8. The molecule has 3 fully saturated rings. The summed E-state index contributed by atoms with van der Waals surface area (Å²) < 4.78 is 0. The Balaban J connectivity index is 1.35. The SMILES string of the molecule is Cc1cccc2[nH]c(C(=O)N[C@H](C(=O)N3C[C@H]4[C@@H]([C@H]3C(=O)N[C@H](C=O)CC3CCNC3=O)C4(C)C)C(C)(C)C)cc12. The Bertz CT molecular complexity index is 1410. The quantitative estimate of drug-likeness (QED) is 0.365. The van der Waals surface area contributed by atoms with Crippen molar-refractivity contribution in [3.63, 3.8) is 0 Å². The number of amides is 4. The predicted molar refractivity (Wildman–Crippen MR) is 154 cm³/mol. The molecule has 3 aliphatic rings. The third-order valence-corrected chi connectivity index (χ3v) is 9.47. The number of aromatic amines is 1. The van der Waals surface area contributed by atoms with Gasteiger partial charge in [0.1, 0.15) is 24.1 Å². The number of carbonyl (C=O) groups excluding carboxylic acids is 5. The van der Waals surface area contributed by atoms with Crippen LogP contribution in [0.25, 0.3) is 10.9 Å². The molecule has 41 heavy (non-hydrogen) atoms. The van der Waals surface area contributed by atoms with Gasteiger partial charge in [0.2, 0.25) is 17.7 Å². The molecule has 10 heteroatoms. The van der Waals surface area contributed by atoms with E-state index in [9.17, 15) is 24.0 Å². The van der Waals surface area contributed by atoms with Gasteiger partial charge in [0.15, 0.2) is 0 Å². The van der Waals surface area contributed by atoms with Crippen molar-refractivity contribution in [1.29, 1.82) is 0 Å². The Kier molecular flexibility index (Phi) is 7.24. The zero-order valence-corrected chi connectivity index (χ0v) is 24.7. The summed E-state index contributed by atoms with van der Waals surface area (Å²) >= 11 is 0. The minimum Gasteiger partial charge on any atom is -0.356 e. The van der Waals surface area contributed by atoms with Crippen LogP contribution < -0.4 is 16.0 Å². The number of likely N-dealkylation sites (tertiary alicyclic amines) is 1. The zero-order valence-electron chi connectivity index (χ0n) is 24.7. The summed E-state index contributed by atoms with van der Waals surface area (Å²) in [6.45, 7) is 12.8. The molecule has 1 aromatic carbocycles. The third-order valence-electron chi connectivity index (χ3n) is 9.47. The molecule has 1 aliphatic carbocycles. The van der Waals surface area contributed by atoms with E-state index in [0.29, 0.717) is 31.5 Å². The highest BCUT2D eigenvalue weighted by Gasteiger charge is 2.69. The molecule has 1 saturated carbocycles. The van der Waals surface area contributed by atoms with E-state index in [1.807, 2.05) is 45.9 Å². The fraction of sp³-hybridized carbons (Fsp3) is 0.581. The minimum atomic E-state index is -0.887. The van der Waals surface area contributed by atoms with Gasteiger partial charge in [-0.3, -0.25) is 19.2 Å². The molecule has 4 amide bonds. The molecule has 0 bridgehead atoms. The molecule has 0 spiro atoms. The van der Waals surface area contributed by atoms with Crippen LogP contribution >= 0.6 is 0 Å². The number of aldehydes is 1. The van der Waals surface area contributed by atoms with Crippen molar-refractivity contribution in [1.82, 2.24) is 25.8 Å². The number of hydrogen-bond donors (Lipinski definition) is 4. The molecule has 220 valence electrons. The van der Waals surface area contributed by atoms with E-state index in [4.69, 9.17) is 0 Å². The average Bonchev–Trinajstić information content (AvgIpc) is 3.41. The highest BCUT2D eigenvalue weighted by molar-refractivity contribution is 6.01. The van der Waals surface area contributed by atoms with Crippen LogP contribution in [0.4, 0.5) is 0 Å². The van der Waals surface area contributed by atoms with Crippen LogP contribution in [0.2, 0.25) is 0 Å². The monoisotopic (exact) mass is 563 g/mol. The molecule has 10 nitrogen and oxygen atoms in total. The van der Waals surface area contributed by atoms with Gasteiger partial charge in [0.05, 0.1) is 6.04 Å². The number of nitrogens with zero attached hydrogens (tertiary/aromatic N) is 1. The van der Waals surface area contributed by atoms with Gasteiger partial charge in [0, 0.05) is 29.9 Å². The summed E-state index contributed by atoms with van der Waals surface area (Å²) in [5, 5.41) is 9.48.